The Balaban J connectivity index is 1.85. The van der Waals surface area contributed by atoms with E-state index in [2.05, 4.69) is 10.3 Å². The molecule has 1 unspecified atom stereocenters. The van der Waals surface area contributed by atoms with E-state index in [-0.39, 0.29) is 21.4 Å². The zero-order valence-corrected chi connectivity index (χ0v) is 16.8. The summed E-state index contributed by atoms with van der Waals surface area (Å²) in [6, 6.07) is 9.90. The standard InChI is InChI=1S/C19H15ClF3N3O2S/c1-10(16(27)24-15-8-7-11(20)9-13(15)19(21,22)23)29-18-25-14-6-4-3-5-12(14)17(28)26(18)2/h3-10H,1-2H3,(H,24,27). The zero-order chi connectivity index (χ0) is 21.3. The fraction of sp³-hybridized carbons (Fsp3) is 0.211. The number of rotatable bonds is 4. The van der Waals surface area contributed by atoms with Gasteiger partial charge in [0.15, 0.2) is 5.16 Å². The van der Waals surface area contributed by atoms with Crippen molar-refractivity contribution in [1.29, 1.82) is 0 Å². The highest BCUT2D eigenvalue weighted by Gasteiger charge is 2.34. The number of benzene rings is 2. The van der Waals surface area contributed by atoms with E-state index in [0.717, 1.165) is 23.9 Å². The summed E-state index contributed by atoms with van der Waals surface area (Å²) in [4.78, 5) is 29.3. The molecular formula is C19H15ClF3N3O2S. The van der Waals surface area contributed by atoms with Gasteiger partial charge in [-0.3, -0.25) is 14.2 Å². The number of anilines is 1. The lowest BCUT2D eigenvalue weighted by Crippen LogP contribution is -2.26. The summed E-state index contributed by atoms with van der Waals surface area (Å²) in [5, 5.41) is 2.10. The van der Waals surface area contributed by atoms with E-state index in [0.29, 0.717) is 10.9 Å². The second-order valence-electron chi connectivity index (χ2n) is 6.21. The predicted octanol–water partition coefficient (Wildman–Crippen LogP) is 4.73. The van der Waals surface area contributed by atoms with E-state index in [1.165, 1.54) is 24.6 Å². The summed E-state index contributed by atoms with van der Waals surface area (Å²) >= 11 is 6.63. The molecule has 0 saturated heterocycles. The molecule has 1 aromatic heterocycles. The number of hydrogen-bond donors (Lipinski definition) is 1. The average molecular weight is 442 g/mol. The van der Waals surface area contributed by atoms with Crippen LogP contribution in [0.2, 0.25) is 5.02 Å². The van der Waals surface area contributed by atoms with Crippen LogP contribution in [0.3, 0.4) is 0 Å². The number of halogens is 4. The topological polar surface area (TPSA) is 64.0 Å². The normalized spacial score (nSPS) is 12.8. The van der Waals surface area contributed by atoms with Gasteiger partial charge in [-0.2, -0.15) is 13.2 Å². The maximum Gasteiger partial charge on any atom is 0.418 e. The molecular weight excluding hydrogens is 427 g/mol. The molecule has 0 saturated carbocycles. The minimum Gasteiger partial charge on any atom is -0.325 e. The number of aromatic nitrogens is 2. The Labute approximate surface area is 172 Å². The van der Waals surface area contributed by atoms with Crippen LogP contribution in [-0.4, -0.2) is 20.7 Å². The SMILES string of the molecule is CC(Sc1nc2ccccc2c(=O)n1C)C(=O)Nc1ccc(Cl)cc1C(F)(F)F. The molecule has 0 aliphatic rings. The number of hydrogen-bond acceptors (Lipinski definition) is 4. The third-order valence-corrected chi connectivity index (χ3v) is 5.52. The fourth-order valence-corrected chi connectivity index (χ4v) is 3.66. The lowest BCUT2D eigenvalue weighted by molar-refractivity contribution is -0.137. The molecule has 10 heteroatoms. The van der Waals surface area contributed by atoms with Gasteiger partial charge in [-0.05, 0) is 37.3 Å². The first-order chi connectivity index (χ1) is 13.6. The first kappa shape index (κ1) is 21.2. The van der Waals surface area contributed by atoms with Crippen LogP contribution in [0.5, 0.6) is 0 Å². The Hall–Kier alpha value is -2.52. The van der Waals surface area contributed by atoms with Gasteiger partial charge >= 0.3 is 6.18 Å². The second-order valence-corrected chi connectivity index (χ2v) is 7.96. The van der Waals surface area contributed by atoms with Crippen molar-refractivity contribution in [3.63, 3.8) is 0 Å². The monoisotopic (exact) mass is 441 g/mol. The maximum absolute atomic E-state index is 13.2. The van der Waals surface area contributed by atoms with Crippen molar-refractivity contribution in [3.05, 3.63) is 63.4 Å². The van der Waals surface area contributed by atoms with Crippen LogP contribution in [0.1, 0.15) is 12.5 Å². The third-order valence-electron chi connectivity index (χ3n) is 4.14. The molecule has 0 fully saturated rings. The first-order valence-electron chi connectivity index (χ1n) is 8.38. The molecule has 1 atom stereocenters. The number of carbonyl (C=O) groups excluding carboxylic acids is 1. The van der Waals surface area contributed by atoms with Crippen LogP contribution < -0.4 is 10.9 Å². The number of nitrogens with zero attached hydrogens (tertiary/aromatic N) is 2. The van der Waals surface area contributed by atoms with Gasteiger partial charge in [-0.25, -0.2) is 4.98 Å². The van der Waals surface area contributed by atoms with E-state index in [4.69, 9.17) is 11.6 Å². The lowest BCUT2D eigenvalue weighted by Gasteiger charge is -2.17. The summed E-state index contributed by atoms with van der Waals surface area (Å²) in [6.45, 7) is 1.52. The van der Waals surface area contributed by atoms with E-state index in [9.17, 15) is 22.8 Å². The van der Waals surface area contributed by atoms with Crippen LogP contribution in [0.4, 0.5) is 18.9 Å². The molecule has 29 heavy (non-hydrogen) atoms. The fourth-order valence-electron chi connectivity index (χ4n) is 2.61. The summed E-state index contributed by atoms with van der Waals surface area (Å²) in [6.07, 6.45) is -4.67. The molecule has 2 aromatic carbocycles. The summed E-state index contributed by atoms with van der Waals surface area (Å²) in [7, 11) is 1.52. The van der Waals surface area contributed by atoms with Gasteiger partial charge in [-0.1, -0.05) is 35.5 Å². The number of para-hydroxylation sites is 1. The molecule has 0 aliphatic carbocycles. The Kier molecular flexibility index (Phi) is 5.90. The number of thioether (sulfide) groups is 1. The minimum absolute atomic E-state index is 0.0897. The summed E-state index contributed by atoms with van der Waals surface area (Å²) < 4.78 is 40.9. The van der Waals surface area contributed by atoms with Gasteiger partial charge < -0.3 is 5.32 Å². The van der Waals surface area contributed by atoms with Gasteiger partial charge in [0.2, 0.25) is 5.91 Å². The van der Waals surface area contributed by atoms with Gasteiger partial charge in [-0.15, -0.1) is 0 Å². The largest absolute Gasteiger partial charge is 0.418 e. The van der Waals surface area contributed by atoms with Crippen LogP contribution in [0.15, 0.2) is 52.4 Å². The van der Waals surface area contributed by atoms with Crippen molar-refractivity contribution in [2.45, 2.75) is 23.5 Å². The smallest absolute Gasteiger partial charge is 0.325 e. The molecule has 0 spiro atoms. The molecule has 1 amide bonds. The number of fused-ring (bicyclic) bond motifs is 1. The van der Waals surface area contributed by atoms with Crippen LogP contribution in [-0.2, 0) is 18.0 Å². The zero-order valence-electron chi connectivity index (χ0n) is 15.2. The Morgan fingerprint density at radius 3 is 2.62 bits per heavy atom. The van der Waals surface area contributed by atoms with Crippen molar-refractivity contribution < 1.29 is 18.0 Å². The Morgan fingerprint density at radius 2 is 1.93 bits per heavy atom. The highest BCUT2D eigenvalue weighted by molar-refractivity contribution is 8.00. The van der Waals surface area contributed by atoms with Crippen LogP contribution in [0.25, 0.3) is 10.9 Å². The number of carbonyl (C=O) groups is 1. The van der Waals surface area contributed by atoms with Crippen molar-refractivity contribution >= 4 is 45.9 Å². The molecule has 3 aromatic rings. The first-order valence-corrected chi connectivity index (χ1v) is 9.63. The summed E-state index contributed by atoms with van der Waals surface area (Å²) in [5.74, 6) is -0.662. The van der Waals surface area contributed by atoms with Gasteiger partial charge in [0.1, 0.15) is 0 Å². The second kappa shape index (κ2) is 8.08. The lowest BCUT2D eigenvalue weighted by atomic mass is 10.1. The van der Waals surface area contributed by atoms with Crippen LogP contribution >= 0.6 is 23.4 Å². The third kappa shape index (κ3) is 4.56. The average Bonchev–Trinajstić information content (AvgIpc) is 2.66. The molecule has 0 radical (unpaired) electrons. The van der Waals surface area contributed by atoms with E-state index < -0.39 is 22.9 Å². The molecule has 5 nitrogen and oxygen atoms in total. The Morgan fingerprint density at radius 1 is 1.24 bits per heavy atom. The quantitative estimate of drug-likeness (QED) is 0.470. The molecule has 1 heterocycles. The molecule has 0 aliphatic heterocycles. The molecule has 152 valence electrons. The molecule has 3 rings (SSSR count). The van der Waals surface area contributed by atoms with E-state index in [1.807, 2.05) is 0 Å². The number of nitrogens with one attached hydrogen (secondary N) is 1. The summed E-state index contributed by atoms with van der Waals surface area (Å²) in [5.41, 5.74) is -1.22. The van der Waals surface area contributed by atoms with Gasteiger partial charge in [0, 0.05) is 12.1 Å². The minimum atomic E-state index is -4.67. The van der Waals surface area contributed by atoms with Crippen molar-refractivity contribution in [3.8, 4) is 0 Å². The molecule has 1 N–H and O–H groups in total. The molecule has 0 bridgehead atoms. The predicted molar refractivity (Wildman–Crippen MR) is 107 cm³/mol. The maximum atomic E-state index is 13.2. The van der Waals surface area contributed by atoms with E-state index in [1.54, 1.807) is 24.3 Å². The van der Waals surface area contributed by atoms with Gasteiger partial charge in [0.25, 0.3) is 5.56 Å². The number of amides is 1. The van der Waals surface area contributed by atoms with Gasteiger partial charge in [0.05, 0.1) is 27.4 Å². The van der Waals surface area contributed by atoms with Crippen molar-refractivity contribution in [2.75, 3.05) is 5.32 Å². The highest BCUT2D eigenvalue weighted by atomic mass is 35.5. The van der Waals surface area contributed by atoms with Crippen molar-refractivity contribution in [1.82, 2.24) is 9.55 Å². The Bertz CT molecular complexity index is 1150. The van der Waals surface area contributed by atoms with E-state index >= 15 is 0 Å². The van der Waals surface area contributed by atoms with Crippen LogP contribution in [0, 0.1) is 0 Å². The van der Waals surface area contributed by atoms with Crippen molar-refractivity contribution in [2.24, 2.45) is 7.05 Å². The number of alkyl halides is 3. The highest BCUT2D eigenvalue weighted by Crippen LogP contribution is 2.37.